The predicted octanol–water partition coefficient (Wildman–Crippen LogP) is 3.49. The van der Waals surface area contributed by atoms with E-state index in [4.69, 9.17) is 9.47 Å². The number of hydrogen-bond donors (Lipinski definition) is 1. The number of carbonyl (C=O) groups is 1. The lowest BCUT2D eigenvalue weighted by atomic mass is 10.1. The lowest BCUT2D eigenvalue weighted by molar-refractivity contribution is 0.0942. The van der Waals surface area contributed by atoms with Crippen molar-refractivity contribution < 1.29 is 18.7 Å². The fraction of sp³-hybridized carbons (Fsp3) is 0.190. The molecule has 0 unspecified atom stereocenters. The maximum atomic E-state index is 13.5. The number of nitrogens with one attached hydrogen (secondary N) is 1. The molecule has 1 amide bonds. The molecule has 0 aliphatic heterocycles. The van der Waals surface area contributed by atoms with Crippen molar-refractivity contribution in [2.24, 2.45) is 0 Å². The Morgan fingerprint density at radius 1 is 1.00 bits per heavy atom. The van der Waals surface area contributed by atoms with Gasteiger partial charge in [-0.2, -0.15) is 0 Å². The number of nitrogens with zero attached hydrogens (tertiary/aromatic N) is 2. The summed E-state index contributed by atoms with van der Waals surface area (Å²) in [5.41, 5.74) is 1.63. The normalized spacial score (nSPS) is 10.4. The highest BCUT2D eigenvalue weighted by molar-refractivity contribution is 5.94. The zero-order chi connectivity index (χ0) is 19.8. The second-order valence-corrected chi connectivity index (χ2v) is 5.80. The Hall–Kier alpha value is -3.48. The van der Waals surface area contributed by atoms with Crippen molar-refractivity contribution >= 4 is 5.91 Å². The summed E-state index contributed by atoms with van der Waals surface area (Å²) in [6, 6.07) is 16.9. The molecule has 6 nitrogen and oxygen atoms in total. The molecule has 3 rings (SSSR count). The third-order valence-electron chi connectivity index (χ3n) is 3.86. The molecule has 28 heavy (non-hydrogen) atoms. The number of aromatic nitrogens is 2. The second-order valence-electron chi connectivity index (χ2n) is 5.80. The Labute approximate surface area is 162 Å². The van der Waals surface area contributed by atoms with Crippen LogP contribution >= 0.6 is 0 Å². The largest absolute Gasteiger partial charge is 0.494 e. The van der Waals surface area contributed by atoms with E-state index in [1.165, 1.54) is 18.2 Å². The molecule has 7 heteroatoms. The summed E-state index contributed by atoms with van der Waals surface area (Å²) in [4.78, 5) is 11.9. The highest BCUT2D eigenvalue weighted by Crippen LogP contribution is 2.21. The zero-order valence-corrected chi connectivity index (χ0v) is 15.4. The summed E-state index contributed by atoms with van der Waals surface area (Å²) in [5.74, 6) is 0.0988. The minimum absolute atomic E-state index is 0.00185. The third-order valence-corrected chi connectivity index (χ3v) is 3.86. The van der Waals surface area contributed by atoms with Gasteiger partial charge in [-0.1, -0.05) is 12.1 Å². The maximum absolute atomic E-state index is 13.5. The van der Waals surface area contributed by atoms with Crippen molar-refractivity contribution in [3.63, 3.8) is 0 Å². The molecule has 1 N–H and O–H groups in total. The van der Waals surface area contributed by atoms with E-state index in [-0.39, 0.29) is 18.7 Å². The number of ether oxygens (including phenoxy) is 2. The third kappa shape index (κ3) is 5.03. The van der Waals surface area contributed by atoms with Gasteiger partial charge in [-0.25, -0.2) is 4.39 Å². The van der Waals surface area contributed by atoms with Crippen molar-refractivity contribution in [1.29, 1.82) is 0 Å². The minimum atomic E-state index is -0.559. The second kappa shape index (κ2) is 9.45. The fourth-order valence-electron chi connectivity index (χ4n) is 2.50. The minimum Gasteiger partial charge on any atom is -0.494 e. The smallest absolute Gasteiger partial charge is 0.254 e. The van der Waals surface area contributed by atoms with E-state index in [1.807, 2.05) is 31.2 Å². The van der Waals surface area contributed by atoms with Gasteiger partial charge in [-0.05, 0) is 49.4 Å². The molecule has 0 bridgehead atoms. The summed E-state index contributed by atoms with van der Waals surface area (Å²) in [6.45, 7) is 2.96. The fourth-order valence-corrected chi connectivity index (χ4v) is 2.50. The van der Waals surface area contributed by atoms with Crippen molar-refractivity contribution in [1.82, 2.24) is 15.5 Å². The van der Waals surface area contributed by atoms with Crippen LogP contribution in [0.4, 0.5) is 4.39 Å². The summed E-state index contributed by atoms with van der Waals surface area (Å²) < 4.78 is 24.4. The van der Waals surface area contributed by atoms with Crippen LogP contribution < -0.4 is 14.8 Å². The first-order chi connectivity index (χ1) is 13.7. The summed E-state index contributed by atoms with van der Waals surface area (Å²) >= 11 is 0. The van der Waals surface area contributed by atoms with E-state index in [9.17, 15) is 9.18 Å². The van der Waals surface area contributed by atoms with Gasteiger partial charge in [0.2, 0.25) is 5.88 Å². The molecule has 1 heterocycles. The van der Waals surface area contributed by atoms with Gasteiger partial charge in [-0.15, -0.1) is 10.2 Å². The standard InChI is InChI=1S/C21H20FN3O3/c1-2-27-16-9-7-15(8-10-16)19-11-12-20(25-24-19)28-14-13-23-21(26)17-5-3-4-6-18(17)22/h3-12H,2,13-14H2,1H3,(H,23,26). The van der Waals surface area contributed by atoms with Crippen LogP contribution in [0.15, 0.2) is 60.7 Å². The summed E-state index contributed by atoms with van der Waals surface area (Å²) in [6.07, 6.45) is 0. The van der Waals surface area contributed by atoms with Gasteiger partial charge >= 0.3 is 0 Å². The molecule has 3 aromatic rings. The number of carbonyl (C=O) groups excluding carboxylic acids is 1. The zero-order valence-electron chi connectivity index (χ0n) is 15.4. The van der Waals surface area contributed by atoms with Gasteiger partial charge in [0.25, 0.3) is 5.91 Å². The Balaban J connectivity index is 1.48. The molecular formula is C21H20FN3O3. The molecule has 144 valence electrons. The number of hydrogen-bond acceptors (Lipinski definition) is 5. The van der Waals surface area contributed by atoms with Gasteiger partial charge in [0, 0.05) is 11.6 Å². The van der Waals surface area contributed by atoms with E-state index in [0.29, 0.717) is 18.2 Å². The van der Waals surface area contributed by atoms with E-state index in [2.05, 4.69) is 15.5 Å². The Kier molecular flexibility index (Phi) is 6.51. The molecule has 0 fully saturated rings. The summed E-state index contributed by atoms with van der Waals surface area (Å²) in [7, 11) is 0. The van der Waals surface area contributed by atoms with Gasteiger partial charge in [0.05, 0.1) is 24.4 Å². The lowest BCUT2D eigenvalue weighted by Crippen LogP contribution is -2.28. The van der Waals surface area contributed by atoms with Gasteiger partial charge in [-0.3, -0.25) is 4.79 Å². The molecular weight excluding hydrogens is 361 g/mol. The van der Waals surface area contributed by atoms with Crippen LogP contribution in [-0.4, -0.2) is 35.9 Å². The molecule has 1 aromatic heterocycles. The molecule has 0 aliphatic carbocycles. The highest BCUT2D eigenvalue weighted by atomic mass is 19.1. The van der Waals surface area contributed by atoms with E-state index >= 15 is 0 Å². The molecule has 0 saturated heterocycles. The van der Waals surface area contributed by atoms with Crippen molar-refractivity contribution in [3.8, 4) is 22.9 Å². The Morgan fingerprint density at radius 3 is 2.46 bits per heavy atom. The van der Waals surface area contributed by atoms with Crippen LogP contribution in [0.25, 0.3) is 11.3 Å². The molecule has 0 atom stereocenters. The van der Waals surface area contributed by atoms with Crippen LogP contribution in [-0.2, 0) is 0 Å². The Bertz CT molecular complexity index is 915. The van der Waals surface area contributed by atoms with Crippen molar-refractivity contribution in [2.45, 2.75) is 6.92 Å². The highest BCUT2D eigenvalue weighted by Gasteiger charge is 2.10. The van der Waals surface area contributed by atoms with Gasteiger partial charge in [0.15, 0.2) is 0 Å². The van der Waals surface area contributed by atoms with Crippen LogP contribution in [0.1, 0.15) is 17.3 Å². The molecule has 0 saturated carbocycles. The molecule has 0 aliphatic rings. The first-order valence-corrected chi connectivity index (χ1v) is 8.90. The lowest BCUT2D eigenvalue weighted by Gasteiger charge is -2.08. The maximum Gasteiger partial charge on any atom is 0.254 e. The average Bonchev–Trinajstić information content (AvgIpc) is 2.73. The van der Waals surface area contributed by atoms with Crippen LogP contribution in [0.5, 0.6) is 11.6 Å². The van der Waals surface area contributed by atoms with E-state index in [1.54, 1.807) is 18.2 Å². The number of rotatable bonds is 8. The molecule has 0 radical (unpaired) electrons. The SMILES string of the molecule is CCOc1ccc(-c2ccc(OCCNC(=O)c3ccccc3F)nn2)cc1. The van der Waals surface area contributed by atoms with E-state index < -0.39 is 11.7 Å². The van der Waals surface area contributed by atoms with Gasteiger partial charge < -0.3 is 14.8 Å². The van der Waals surface area contributed by atoms with Crippen LogP contribution in [0, 0.1) is 5.82 Å². The van der Waals surface area contributed by atoms with Crippen LogP contribution in [0.3, 0.4) is 0 Å². The van der Waals surface area contributed by atoms with E-state index in [0.717, 1.165) is 11.3 Å². The number of benzene rings is 2. The molecule has 0 spiro atoms. The number of halogens is 1. The first-order valence-electron chi connectivity index (χ1n) is 8.90. The Morgan fingerprint density at radius 2 is 1.79 bits per heavy atom. The summed E-state index contributed by atoms with van der Waals surface area (Å²) in [5, 5.41) is 10.8. The van der Waals surface area contributed by atoms with Crippen molar-refractivity contribution in [2.75, 3.05) is 19.8 Å². The quantitative estimate of drug-likeness (QED) is 0.605. The van der Waals surface area contributed by atoms with Gasteiger partial charge in [0.1, 0.15) is 18.2 Å². The average molecular weight is 381 g/mol. The monoisotopic (exact) mass is 381 g/mol. The predicted molar refractivity (Wildman–Crippen MR) is 103 cm³/mol. The van der Waals surface area contributed by atoms with Crippen molar-refractivity contribution in [3.05, 3.63) is 72.0 Å². The topological polar surface area (TPSA) is 73.3 Å². The first kappa shape index (κ1) is 19.3. The van der Waals surface area contributed by atoms with Crippen LogP contribution in [0.2, 0.25) is 0 Å². The number of amides is 1. The molecule has 2 aromatic carbocycles.